The van der Waals surface area contributed by atoms with Gasteiger partial charge in [-0.3, -0.25) is 0 Å². The second-order valence-corrected chi connectivity index (χ2v) is 5.71. The topological polar surface area (TPSA) is 83.9 Å². The van der Waals surface area contributed by atoms with Gasteiger partial charge >= 0.3 is 5.97 Å². The largest absolute Gasteiger partial charge is 0.495 e. The fourth-order valence-electron chi connectivity index (χ4n) is 1.62. The Hall–Kier alpha value is -2.04. The summed E-state index contributed by atoms with van der Waals surface area (Å²) in [5.41, 5.74) is -0.138. The molecule has 1 rings (SSSR count). The first kappa shape index (κ1) is 16.0. The minimum Gasteiger partial charge on any atom is -0.495 e. The summed E-state index contributed by atoms with van der Waals surface area (Å²) in [7, 11) is -2.60. The highest BCUT2D eigenvalue weighted by Gasteiger charge is 2.27. The third kappa shape index (κ3) is 3.10. The molecule has 0 aromatic heterocycles. The highest BCUT2D eigenvalue weighted by atomic mass is 32.2. The van der Waals surface area contributed by atoms with E-state index in [-0.39, 0.29) is 29.3 Å². The second kappa shape index (κ2) is 6.41. The number of rotatable bonds is 6. The van der Waals surface area contributed by atoms with E-state index in [1.54, 1.807) is 6.92 Å². The number of methoxy groups -OCH3 is 1. The molecule has 6 nitrogen and oxygen atoms in total. The summed E-state index contributed by atoms with van der Waals surface area (Å²) in [4.78, 5) is 10.8. The molecule has 0 atom stereocenters. The highest BCUT2D eigenvalue weighted by Crippen LogP contribution is 2.27. The number of carboxylic acids is 1. The average Bonchev–Trinajstić information content (AvgIpc) is 2.43. The van der Waals surface area contributed by atoms with Crippen LogP contribution in [0.25, 0.3) is 0 Å². The molecule has 108 valence electrons. The van der Waals surface area contributed by atoms with Gasteiger partial charge in [0, 0.05) is 6.54 Å². The SMILES string of the molecule is C#CCN(CC)S(=O)(=O)c1cc(C(=O)O)ccc1OC. The molecule has 0 aliphatic rings. The summed E-state index contributed by atoms with van der Waals surface area (Å²) in [6.07, 6.45) is 5.15. The number of hydrogen-bond acceptors (Lipinski definition) is 4. The summed E-state index contributed by atoms with van der Waals surface area (Å²) in [5.74, 6) is 1.12. The van der Waals surface area contributed by atoms with E-state index in [1.807, 2.05) is 0 Å². The van der Waals surface area contributed by atoms with Gasteiger partial charge in [0.05, 0.1) is 19.2 Å². The van der Waals surface area contributed by atoms with Gasteiger partial charge in [-0.1, -0.05) is 12.8 Å². The number of sulfonamides is 1. The van der Waals surface area contributed by atoms with Gasteiger partial charge in [0.2, 0.25) is 10.0 Å². The molecule has 0 unspecified atom stereocenters. The molecule has 0 heterocycles. The van der Waals surface area contributed by atoms with Gasteiger partial charge in [-0.25, -0.2) is 13.2 Å². The summed E-state index contributed by atoms with van der Waals surface area (Å²) in [5, 5.41) is 8.96. The molecular weight excluding hydrogens is 282 g/mol. The summed E-state index contributed by atoms with van der Waals surface area (Å²) >= 11 is 0. The molecule has 0 saturated carbocycles. The quantitative estimate of drug-likeness (QED) is 0.793. The van der Waals surface area contributed by atoms with Crippen LogP contribution in [-0.2, 0) is 10.0 Å². The molecule has 0 saturated heterocycles. The van der Waals surface area contributed by atoms with E-state index in [0.717, 1.165) is 10.4 Å². The van der Waals surface area contributed by atoms with Crippen molar-refractivity contribution in [3.63, 3.8) is 0 Å². The molecule has 0 bridgehead atoms. The molecule has 0 fully saturated rings. The van der Waals surface area contributed by atoms with Crippen LogP contribution in [0.1, 0.15) is 17.3 Å². The minimum absolute atomic E-state index is 0.0745. The van der Waals surface area contributed by atoms with Crippen molar-refractivity contribution < 1.29 is 23.1 Å². The van der Waals surface area contributed by atoms with Crippen molar-refractivity contribution in [2.45, 2.75) is 11.8 Å². The first-order valence-electron chi connectivity index (χ1n) is 5.73. The van der Waals surface area contributed by atoms with Gasteiger partial charge in [-0.15, -0.1) is 6.42 Å². The molecule has 1 N–H and O–H groups in total. The summed E-state index contributed by atoms with van der Waals surface area (Å²) < 4.78 is 31.0. The Morgan fingerprint density at radius 3 is 2.60 bits per heavy atom. The molecule has 7 heteroatoms. The van der Waals surface area contributed by atoms with Crippen molar-refractivity contribution >= 4 is 16.0 Å². The van der Waals surface area contributed by atoms with Gasteiger partial charge < -0.3 is 9.84 Å². The molecular formula is C13H15NO5S. The first-order valence-corrected chi connectivity index (χ1v) is 7.17. The number of terminal acetylenes is 1. The van der Waals surface area contributed by atoms with E-state index in [1.165, 1.54) is 19.2 Å². The molecule has 1 aromatic rings. The molecule has 1 aromatic carbocycles. The van der Waals surface area contributed by atoms with Gasteiger partial charge in [-0.2, -0.15) is 4.31 Å². The van der Waals surface area contributed by atoms with Gasteiger partial charge in [0.1, 0.15) is 10.6 Å². The van der Waals surface area contributed by atoms with Crippen molar-refractivity contribution in [1.29, 1.82) is 0 Å². The zero-order valence-electron chi connectivity index (χ0n) is 11.2. The third-order valence-electron chi connectivity index (χ3n) is 2.65. The number of benzene rings is 1. The number of nitrogens with zero attached hydrogens (tertiary/aromatic N) is 1. The Kier molecular flexibility index (Phi) is 5.13. The average molecular weight is 297 g/mol. The maximum absolute atomic E-state index is 12.5. The monoisotopic (exact) mass is 297 g/mol. The Morgan fingerprint density at radius 1 is 1.50 bits per heavy atom. The van der Waals surface area contributed by atoms with Crippen LogP contribution in [0.15, 0.2) is 23.1 Å². The number of carboxylic acid groups (broad SMARTS) is 1. The molecule has 0 radical (unpaired) electrons. The molecule has 20 heavy (non-hydrogen) atoms. The lowest BCUT2D eigenvalue weighted by Crippen LogP contribution is -2.31. The predicted molar refractivity (Wildman–Crippen MR) is 73.2 cm³/mol. The second-order valence-electron chi connectivity index (χ2n) is 3.81. The lowest BCUT2D eigenvalue weighted by Gasteiger charge is -2.19. The fraction of sp³-hybridized carbons (Fsp3) is 0.308. The van der Waals surface area contributed by atoms with Crippen molar-refractivity contribution in [3.8, 4) is 18.1 Å². The van der Waals surface area contributed by atoms with E-state index in [0.29, 0.717) is 0 Å². The van der Waals surface area contributed by atoms with Crippen LogP contribution in [0.4, 0.5) is 0 Å². The number of hydrogen-bond donors (Lipinski definition) is 1. The normalized spacial score (nSPS) is 11.1. The zero-order valence-corrected chi connectivity index (χ0v) is 12.0. The maximum atomic E-state index is 12.5. The van der Waals surface area contributed by atoms with Crippen molar-refractivity contribution in [3.05, 3.63) is 23.8 Å². The smallest absolute Gasteiger partial charge is 0.335 e. The van der Waals surface area contributed by atoms with Crippen molar-refractivity contribution in [2.24, 2.45) is 0 Å². The van der Waals surface area contributed by atoms with Crippen LogP contribution in [0.2, 0.25) is 0 Å². The highest BCUT2D eigenvalue weighted by molar-refractivity contribution is 7.89. The van der Waals surface area contributed by atoms with Gasteiger partial charge in [0.15, 0.2) is 0 Å². The third-order valence-corrected chi connectivity index (χ3v) is 4.59. The van der Waals surface area contributed by atoms with Crippen LogP contribution < -0.4 is 4.74 Å². The minimum atomic E-state index is -3.91. The van der Waals surface area contributed by atoms with Gasteiger partial charge in [-0.05, 0) is 18.2 Å². The molecule has 0 spiro atoms. The Morgan fingerprint density at radius 2 is 2.15 bits per heavy atom. The van der Waals surface area contributed by atoms with E-state index >= 15 is 0 Å². The van der Waals surface area contributed by atoms with Gasteiger partial charge in [0.25, 0.3) is 0 Å². The number of ether oxygens (including phenoxy) is 1. The van der Waals surface area contributed by atoms with E-state index in [2.05, 4.69) is 5.92 Å². The molecule has 0 aliphatic heterocycles. The fourth-order valence-corrected chi connectivity index (χ4v) is 3.16. The first-order chi connectivity index (χ1) is 9.38. The van der Waals surface area contributed by atoms with Crippen LogP contribution in [-0.4, -0.2) is 44.0 Å². The molecule has 0 aliphatic carbocycles. The summed E-state index contributed by atoms with van der Waals surface area (Å²) in [6.45, 7) is 1.72. The lowest BCUT2D eigenvalue weighted by molar-refractivity contribution is 0.0696. The zero-order chi connectivity index (χ0) is 15.3. The Bertz CT molecular complexity index is 645. The predicted octanol–water partition coefficient (Wildman–Crippen LogP) is 1.04. The Balaban J connectivity index is 3.46. The number of carbonyl (C=O) groups is 1. The standard InChI is InChI=1S/C13H15NO5S/c1-4-8-14(5-2)20(17,18)12-9-10(13(15)16)6-7-11(12)19-3/h1,6-7,9H,5,8H2,2-3H3,(H,15,16). The van der Waals surface area contributed by atoms with E-state index < -0.39 is 16.0 Å². The van der Waals surface area contributed by atoms with Crippen LogP contribution in [0.3, 0.4) is 0 Å². The Labute approximate surface area is 118 Å². The number of aromatic carboxylic acids is 1. The summed E-state index contributed by atoms with van der Waals surface area (Å²) in [6, 6.07) is 3.65. The van der Waals surface area contributed by atoms with Crippen LogP contribution in [0, 0.1) is 12.3 Å². The van der Waals surface area contributed by atoms with Crippen molar-refractivity contribution in [2.75, 3.05) is 20.2 Å². The van der Waals surface area contributed by atoms with Crippen molar-refractivity contribution in [1.82, 2.24) is 4.31 Å². The van der Waals surface area contributed by atoms with Crippen LogP contribution >= 0.6 is 0 Å². The van der Waals surface area contributed by atoms with E-state index in [9.17, 15) is 13.2 Å². The molecule has 0 amide bonds. The lowest BCUT2D eigenvalue weighted by atomic mass is 10.2. The van der Waals surface area contributed by atoms with Crippen LogP contribution in [0.5, 0.6) is 5.75 Å². The van der Waals surface area contributed by atoms with E-state index in [4.69, 9.17) is 16.3 Å². The maximum Gasteiger partial charge on any atom is 0.335 e.